The Kier molecular flexibility index (Phi) is 4.67. The summed E-state index contributed by atoms with van der Waals surface area (Å²) in [5.41, 5.74) is 0.332. The predicted octanol–water partition coefficient (Wildman–Crippen LogP) is 1.45. The van der Waals surface area contributed by atoms with Crippen molar-refractivity contribution in [2.45, 2.75) is 18.2 Å². The van der Waals surface area contributed by atoms with Gasteiger partial charge in [-0.05, 0) is 36.5 Å². The van der Waals surface area contributed by atoms with Crippen LogP contribution in [0.2, 0.25) is 0 Å². The molecule has 1 saturated carbocycles. The summed E-state index contributed by atoms with van der Waals surface area (Å²) in [6.45, 7) is 2.15. The normalized spacial score (nSPS) is 21.0. The van der Waals surface area contributed by atoms with Gasteiger partial charge in [-0.2, -0.15) is 0 Å². The fourth-order valence-electron chi connectivity index (χ4n) is 2.18. The van der Waals surface area contributed by atoms with E-state index in [0.717, 1.165) is 12.5 Å². The van der Waals surface area contributed by atoms with Crippen LogP contribution in [0.4, 0.5) is 4.39 Å². The third-order valence-electron chi connectivity index (χ3n) is 3.70. The van der Waals surface area contributed by atoms with Crippen molar-refractivity contribution in [3.05, 3.63) is 29.6 Å². The summed E-state index contributed by atoms with van der Waals surface area (Å²) in [4.78, 5) is -0.340. The highest BCUT2D eigenvalue weighted by Crippen LogP contribution is 2.38. The molecule has 1 aromatic rings. The molecule has 4 nitrogen and oxygen atoms in total. The molecule has 21 heavy (non-hydrogen) atoms. The van der Waals surface area contributed by atoms with Crippen LogP contribution in [0.5, 0.6) is 0 Å². The van der Waals surface area contributed by atoms with Gasteiger partial charge in [0.05, 0.1) is 0 Å². The second kappa shape index (κ2) is 6.14. The summed E-state index contributed by atoms with van der Waals surface area (Å²) >= 11 is 0. The van der Waals surface area contributed by atoms with Crippen LogP contribution in [-0.4, -0.2) is 38.0 Å². The first-order chi connectivity index (χ1) is 9.86. The first kappa shape index (κ1) is 16.0. The maximum Gasteiger partial charge on any atom is 0.245 e. The molecule has 1 fully saturated rings. The fourth-order valence-corrected chi connectivity index (χ4v) is 3.45. The molecule has 0 amide bonds. The van der Waals surface area contributed by atoms with E-state index in [2.05, 4.69) is 18.8 Å². The maximum absolute atomic E-state index is 14.0. The molecule has 0 radical (unpaired) electrons. The maximum atomic E-state index is 14.0. The summed E-state index contributed by atoms with van der Waals surface area (Å²) in [6.07, 6.45) is 1.01. The van der Waals surface area contributed by atoms with Gasteiger partial charge in [0.2, 0.25) is 10.0 Å². The molecule has 1 aromatic carbocycles. The summed E-state index contributed by atoms with van der Waals surface area (Å²) in [5.74, 6) is 5.00. The van der Waals surface area contributed by atoms with E-state index < -0.39 is 15.8 Å². The molecule has 1 N–H and O–H groups in total. The Labute approximate surface area is 124 Å². The van der Waals surface area contributed by atoms with Crippen LogP contribution in [0, 0.1) is 29.5 Å². The van der Waals surface area contributed by atoms with Crippen molar-refractivity contribution in [3.8, 4) is 11.8 Å². The van der Waals surface area contributed by atoms with E-state index in [9.17, 15) is 12.8 Å². The lowest BCUT2D eigenvalue weighted by atomic mass is 10.2. The zero-order chi connectivity index (χ0) is 15.6. The van der Waals surface area contributed by atoms with E-state index in [0.29, 0.717) is 23.9 Å². The lowest BCUT2D eigenvalue weighted by Gasteiger charge is -2.17. The molecule has 2 rings (SSSR count). The number of aliphatic hydroxyl groups excluding tert-OH is 1. The molecule has 0 saturated heterocycles. The Balaban J connectivity index is 2.23. The van der Waals surface area contributed by atoms with E-state index in [1.807, 2.05) is 0 Å². The van der Waals surface area contributed by atoms with Crippen molar-refractivity contribution in [1.29, 1.82) is 0 Å². The van der Waals surface area contributed by atoms with Gasteiger partial charge in [0.1, 0.15) is 17.3 Å². The Bertz CT molecular complexity index is 691. The number of sulfonamides is 1. The molecule has 2 atom stereocenters. The van der Waals surface area contributed by atoms with Gasteiger partial charge in [-0.3, -0.25) is 0 Å². The van der Waals surface area contributed by atoms with Crippen LogP contribution < -0.4 is 0 Å². The Morgan fingerprint density at radius 2 is 2.14 bits per heavy atom. The molecule has 2 unspecified atom stereocenters. The van der Waals surface area contributed by atoms with E-state index >= 15 is 0 Å². The standard InChI is InChI=1S/C15H18FNO3S/c1-11-8-13(11)10-17(2)21(19,20)15-6-5-12(4-3-7-18)9-14(15)16/h5-6,9,11,13,18H,7-8,10H2,1-2H3. The van der Waals surface area contributed by atoms with Gasteiger partial charge in [0.15, 0.2) is 0 Å². The van der Waals surface area contributed by atoms with E-state index in [1.54, 1.807) is 0 Å². The van der Waals surface area contributed by atoms with Gasteiger partial charge < -0.3 is 5.11 Å². The zero-order valence-corrected chi connectivity index (χ0v) is 12.8. The quantitative estimate of drug-likeness (QED) is 0.856. The van der Waals surface area contributed by atoms with Crippen molar-refractivity contribution in [2.75, 3.05) is 20.2 Å². The molecule has 1 aliphatic carbocycles. The monoisotopic (exact) mass is 311 g/mol. The highest BCUT2D eigenvalue weighted by molar-refractivity contribution is 7.89. The molecule has 0 aromatic heterocycles. The second-order valence-electron chi connectivity index (χ2n) is 5.36. The zero-order valence-electron chi connectivity index (χ0n) is 12.0. The lowest BCUT2D eigenvalue weighted by molar-refractivity contribution is 0.350. The SMILES string of the molecule is CC1CC1CN(C)S(=O)(=O)c1ccc(C#CCO)cc1F. The minimum atomic E-state index is -3.82. The van der Waals surface area contributed by atoms with Gasteiger partial charge in [-0.15, -0.1) is 0 Å². The molecular formula is C15H18FNO3S. The smallest absolute Gasteiger partial charge is 0.245 e. The van der Waals surface area contributed by atoms with Crippen molar-refractivity contribution in [3.63, 3.8) is 0 Å². The minimum Gasteiger partial charge on any atom is -0.384 e. The van der Waals surface area contributed by atoms with E-state index in [-0.39, 0.29) is 11.5 Å². The average molecular weight is 311 g/mol. The summed E-state index contributed by atoms with van der Waals surface area (Å²) in [6, 6.07) is 3.73. The molecular weight excluding hydrogens is 293 g/mol. The van der Waals surface area contributed by atoms with Crippen LogP contribution in [0.15, 0.2) is 23.1 Å². The van der Waals surface area contributed by atoms with Crippen LogP contribution in [0.25, 0.3) is 0 Å². The van der Waals surface area contributed by atoms with Gasteiger partial charge in [0, 0.05) is 19.2 Å². The van der Waals surface area contributed by atoms with Crippen molar-refractivity contribution in [1.82, 2.24) is 4.31 Å². The Hall–Kier alpha value is -1.42. The fraction of sp³-hybridized carbons (Fsp3) is 0.467. The topological polar surface area (TPSA) is 57.6 Å². The molecule has 114 valence electrons. The molecule has 0 heterocycles. The largest absolute Gasteiger partial charge is 0.384 e. The third-order valence-corrected chi connectivity index (χ3v) is 5.56. The predicted molar refractivity (Wildman–Crippen MR) is 77.5 cm³/mol. The van der Waals surface area contributed by atoms with Crippen molar-refractivity contribution in [2.24, 2.45) is 11.8 Å². The molecule has 0 aliphatic heterocycles. The number of rotatable bonds is 4. The van der Waals surface area contributed by atoms with Crippen LogP contribution in [-0.2, 0) is 10.0 Å². The summed E-state index contributed by atoms with van der Waals surface area (Å²) in [5, 5.41) is 8.59. The number of hydrogen-bond acceptors (Lipinski definition) is 3. The van der Waals surface area contributed by atoms with E-state index in [1.165, 1.54) is 23.5 Å². The first-order valence-corrected chi connectivity index (χ1v) is 8.16. The van der Waals surface area contributed by atoms with Gasteiger partial charge in [-0.1, -0.05) is 18.8 Å². The highest BCUT2D eigenvalue weighted by Gasteiger charge is 2.36. The Morgan fingerprint density at radius 1 is 1.48 bits per heavy atom. The number of aliphatic hydroxyl groups is 1. The first-order valence-electron chi connectivity index (χ1n) is 6.72. The van der Waals surface area contributed by atoms with Crippen LogP contribution >= 0.6 is 0 Å². The number of nitrogens with zero attached hydrogens (tertiary/aromatic N) is 1. The molecule has 0 bridgehead atoms. The van der Waals surface area contributed by atoms with Gasteiger partial charge in [0.25, 0.3) is 0 Å². The third kappa shape index (κ3) is 3.62. The van der Waals surface area contributed by atoms with E-state index in [4.69, 9.17) is 5.11 Å². The second-order valence-corrected chi connectivity index (χ2v) is 7.38. The highest BCUT2D eigenvalue weighted by atomic mass is 32.2. The van der Waals surface area contributed by atoms with Gasteiger partial charge in [-0.25, -0.2) is 17.1 Å². The number of hydrogen-bond donors (Lipinski definition) is 1. The van der Waals surface area contributed by atoms with Crippen LogP contribution in [0.1, 0.15) is 18.9 Å². The minimum absolute atomic E-state index is 0.329. The summed E-state index contributed by atoms with van der Waals surface area (Å²) < 4.78 is 40.0. The van der Waals surface area contributed by atoms with Crippen molar-refractivity contribution < 1.29 is 17.9 Å². The number of halogens is 1. The Morgan fingerprint density at radius 3 is 2.67 bits per heavy atom. The van der Waals surface area contributed by atoms with Gasteiger partial charge >= 0.3 is 0 Å². The lowest BCUT2D eigenvalue weighted by Crippen LogP contribution is -2.30. The summed E-state index contributed by atoms with van der Waals surface area (Å²) in [7, 11) is -2.35. The molecule has 0 spiro atoms. The number of benzene rings is 1. The molecule has 6 heteroatoms. The van der Waals surface area contributed by atoms with Crippen molar-refractivity contribution >= 4 is 10.0 Å². The van der Waals surface area contributed by atoms with Crippen LogP contribution in [0.3, 0.4) is 0 Å². The average Bonchev–Trinajstić information content (AvgIpc) is 3.11. The molecule has 1 aliphatic rings.